The molecule has 1 aliphatic rings. The molecule has 0 atom stereocenters. The maximum atomic E-state index is 12.9. The van der Waals surface area contributed by atoms with Gasteiger partial charge in [0.2, 0.25) is 10.0 Å². The molecule has 1 fully saturated rings. The van der Waals surface area contributed by atoms with Gasteiger partial charge in [0.05, 0.1) is 4.90 Å². The summed E-state index contributed by atoms with van der Waals surface area (Å²) in [6.45, 7) is 9.53. The third-order valence-corrected chi connectivity index (χ3v) is 7.36. The molecule has 0 unspecified atom stereocenters. The van der Waals surface area contributed by atoms with E-state index in [0.29, 0.717) is 42.6 Å². The highest BCUT2D eigenvalue weighted by molar-refractivity contribution is 7.89. The Morgan fingerprint density at radius 2 is 1.50 bits per heavy atom. The Bertz CT molecular complexity index is 958. The third kappa shape index (κ3) is 4.13. The van der Waals surface area contributed by atoms with Crippen molar-refractivity contribution in [3.63, 3.8) is 0 Å². The molecular formula is C22H28N2O3S. The highest BCUT2D eigenvalue weighted by atomic mass is 32.2. The predicted molar refractivity (Wildman–Crippen MR) is 111 cm³/mol. The predicted octanol–water partition coefficient (Wildman–Crippen LogP) is 3.57. The van der Waals surface area contributed by atoms with Crippen molar-refractivity contribution >= 4 is 15.9 Å². The molecule has 0 radical (unpaired) electrons. The highest BCUT2D eigenvalue weighted by Gasteiger charge is 2.30. The van der Waals surface area contributed by atoms with Crippen molar-refractivity contribution in [1.82, 2.24) is 9.21 Å². The standard InChI is InChI=1S/C22H28N2O3S/c1-16(2)19-6-8-20(9-7-19)22(25)23-11-13-24(14-12-23)28(26,27)21-10-5-17(3)18(4)15-21/h5-10,15-16H,11-14H2,1-4H3. The van der Waals surface area contributed by atoms with E-state index in [0.717, 1.165) is 11.1 Å². The van der Waals surface area contributed by atoms with E-state index in [2.05, 4.69) is 13.8 Å². The number of carbonyl (C=O) groups excluding carboxylic acids is 1. The zero-order chi connectivity index (χ0) is 20.5. The summed E-state index contributed by atoms with van der Waals surface area (Å²) in [6, 6.07) is 12.9. The second-order valence-electron chi connectivity index (χ2n) is 7.72. The van der Waals surface area contributed by atoms with Crippen molar-refractivity contribution in [2.24, 2.45) is 0 Å². The second-order valence-corrected chi connectivity index (χ2v) is 9.66. The van der Waals surface area contributed by atoms with Gasteiger partial charge in [0, 0.05) is 31.7 Å². The highest BCUT2D eigenvalue weighted by Crippen LogP contribution is 2.21. The molecule has 28 heavy (non-hydrogen) atoms. The smallest absolute Gasteiger partial charge is 0.253 e. The van der Waals surface area contributed by atoms with Crippen molar-refractivity contribution in [2.75, 3.05) is 26.2 Å². The van der Waals surface area contributed by atoms with Crippen LogP contribution in [-0.2, 0) is 10.0 Å². The van der Waals surface area contributed by atoms with Crippen molar-refractivity contribution in [1.29, 1.82) is 0 Å². The first-order chi connectivity index (χ1) is 13.2. The van der Waals surface area contributed by atoms with Crippen LogP contribution < -0.4 is 0 Å². The van der Waals surface area contributed by atoms with Gasteiger partial charge in [0.1, 0.15) is 0 Å². The van der Waals surface area contributed by atoms with Crippen LogP contribution in [0.1, 0.15) is 46.8 Å². The lowest BCUT2D eigenvalue weighted by atomic mass is 10.0. The summed E-state index contributed by atoms with van der Waals surface area (Å²) in [4.78, 5) is 14.8. The van der Waals surface area contributed by atoms with Crippen LogP contribution in [0.4, 0.5) is 0 Å². The first-order valence-electron chi connectivity index (χ1n) is 9.67. The normalized spacial score (nSPS) is 15.8. The maximum absolute atomic E-state index is 12.9. The van der Waals surface area contributed by atoms with Gasteiger partial charge in [-0.2, -0.15) is 4.31 Å². The Morgan fingerprint density at radius 3 is 2.04 bits per heavy atom. The van der Waals surface area contributed by atoms with Gasteiger partial charge in [-0.25, -0.2) is 8.42 Å². The van der Waals surface area contributed by atoms with Crippen LogP contribution in [0.2, 0.25) is 0 Å². The average molecular weight is 401 g/mol. The minimum absolute atomic E-state index is 0.0430. The molecule has 1 amide bonds. The largest absolute Gasteiger partial charge is 0.336 e. The maximum Gasteiger partial charge on any atom is 0.253 e. The topological polar surface area (TPSA) is 57.7 Å². The van der Waals surface area contributed by atoms with Gasteiger partial charge in [0.15, 0.2) is 0 Å². The van der Waals surface area contributed by atoms with Crippen LogP contribution in [0, 0.1) is 13.8 Å². The minimum atomic E-state index is -3.53. The molecule has 0 N–H and O–H groups in total. The number of carbonyl (C=O) groups is 1. The van der Waals surface area contributed by atoms with Crippen LogP contribution in [0.25, 0.3) is 0 Å². The molecule has 1 aliphatic heterocycles. The van der Waals surface area contributed by atoms with Crippen LogP contribution >= 0.6 is 0 Å². The summed E-state index contributed by atoms with van der Waals surface area (Å²) in [5.41, 5.74) is 3.87. The molecule has 1 saturated heterocycles. The molecule has 150 valence electrons. The Balaban J connectivity index is 1.68. The molecule has 2 aromatic carbocycles. The molecule has 0 aliphatic carbocycles. The van der Waals surface area contributed by atoms with E-state index in [9.17, 15) is 13.2 Å². The van der Waals surface area contributed by atoms with Crippen molar-refractivity contribution < 1.29 is 13.2 Å². The first-order valence-corrected chi connectivity index (χ1v) is 11.1. The molecular weight excluding hydrogens is 372 g/mol. The zero-order valence-corrected chi connectivity index (χ0v) is 17.8. The Kier molecular flexibility index (Phi) is 5.91. The van der Waals surface area contributed by atoms with Crippen LogP contribution in [0.3, 0.4) is 0 Å². The van der Waals surface area contributed by atoms with Gasteiger partial charge < -0.3 is 4.90 Å². The lowest BCUT2D eigenvalue weighted by molar-refractivity contribution is 0.0698. The van der Waals surface area contributed by atoms with Crippen molar-refractivity contribution in [3.8, 4) is 0 Å². The van der Waals surface area contributed by atoms with Gasteiger partial charge in [0.25, 0.3) is 5.91 Å². The lowest BCUT2D eigenvalue weighted by Crippen LogP contribution is -2.50. The fraction of sp³-hybridized carbons (Fsp3) is 0.409. The molecule has 5 nitrogen and oxygen atoms in total. The molecule has 1 heterocycles. The minimum Gasteiger partial charge on any atom is -0.336 e. The van der Waals surface area contributed by atoms with Gasteiger partial charge in [-0.15, -0.1) is 0 Å². The van der Waals surface area contributed by atoms with E-state index >= 15 is 0 Å². The summed E-state index contributed by atoms with van der Waals surface area (Å²) in [5.74, 6) is 0.377. The van der Waals surface area contributed by atoms with E-state index in [-0.39, 0.29) is 5.91 Å². The number of piperazine rings is 1. The zero-order valence-electron chi connectivity index (χ0n) is 17.0. The SMILES string of the molecule is Cc1ccc(S(=O)(=O)N2CCN(C(=O)c3ccc(C(C)C)cc3)CC2)cc1C. The van der Waals surface area contributed by atoms with Gasteiger partial charge in [-0.1, -0.05) is 32.0 Å². The summed E-state index contributed by atoms with van der Waals surface area (Å²) >= 11 is 0. The number of amides is 1. The first kappa shape index (κ1) is 20.6. The number of sulfonamides is 1. The Hall–Kier alpha value is -2.18. The molecule has 3 rings (SSSR count). The molecule has 2 aromatic rings. The summed E-state index contributed by atoms with van der Waals surface area (Å²) in [6.07, 6.45) is 0. The Labute approximate surface area is 168 Å². The summed E-state index contributed by atoms with van der Waals surface area (Å²) in [7, 11) is -3.53. The molecule has 0 aromatic heterocycles. The van der Waals surface area contributed by atoms with Crippen molar-refractivity contribution in [2.45, 2.75) is 38.5 Å². The molecule has 0 bridgehead atoms. The second kappa shape index (κ2) is 8.05. The number of nitrogens with zero attached hydrogens (tertiary/aromatic N) is 2. The van der Waals surface area contributed by atoms with Gasteiger partial charge in [-0.05, 0) is 60.7 Å². The molecule has 0 saturated carbocycles. The number of hydrogen-bond donors (Lipinski definition) is 0. The van der Waals surface area contributed by atoms with Crippen LogP contribution in [-0.4, -0.2) is 49.7 Å². The fourth-order valence-corrected chi connectivity index (χ4v) is 4.86. The van der Waals surface area contributed by atoms with Gasteiger partial charge in [-0.3, -0.25) is 4.79 Å². The molecule has 0 spiro atoms. The van der Waals surface area contributed by atoms with E-state index in [4.69, 9.17) is 0 Å². The Morgan fingerprint density at radius 1 is 0.893 bits per heavy atom. The monoisotopic (exact) mass is 400 g/mol. The lowest BCUT2D eigenvalue weighted by Gasteiger charge is -2.34. The van der Waals surface area contributed by atoms with Crippen LogP contribution in [0.5, 0.6) is 0 Å². The third-order valence-electron chi connectivity index (χ3n) is 5.47. The summed E-state index contributed by atoms with van der Waals surface area (Å²) in [5, 5.41) is 0. The van der Waals surface area contributed by atoms with Crippen molar-refractivity contribution in [3.05, 3.63) is 64.7 Å². The number of hydrogen-bond acceptors (Lipinski definition) is 3. The van der Waals surface area contributed by atoms with E-state index in [1.807, 2.05) is 44.2 Å². The molecule has 6 heteroatoms. The quantitative estimate of drug-likeness (QED) is 0.788. The van der Waals surface area contributed by atoms with E-state index in [1.54, 1.807) is 17.0 Å². The van der Waals surface area contributed by atoms with E-state index in [1.165, 1.54) is 9.87 Å². The van der Waals surface area contributed by atoms with Gasteiger partial charge >= 0.3 is 0 Å². The van der Waals surface area contributed by atoms with E-state index < -0.39 is 10.0 Å². The number of rotatable bonds is 4. The average Bonchev–Trinajstić information content (AvgIpc) is 2.69. The fourth-order valence-electron chi connectivity index (χ4n) is 3.35. The van der Waals surface area contributed by atoms with Crippen LogP contribution in [0.15, 0.2) is 47.4 Å². The number of benzene rings is 2. The summed E-state index contributed by atoms with van der Waals surface area (Å²) < 4.78 is 27.3. The number of aryl methyl sites for hydroxylation is 2.